The molecule has 1 unspecified atom stereocenters. The van der Waals surface area contributed by atoms with Crippen LogP contribution in [0.3, 0.4) is 0 Å². The van der Waals surface area contributed by atoms with Crippen LogP contribution in [-0.2, 0) is 62.9 Å². The molecular weight excluding hydrogens is 919 g/mol. The highest BCUT2D eigenvalue weighted by Crippen LogP contribution is 2.47. The van der Waals surface area contributed by atoms with Crippen LogP contribution in [0.15, 0.2) is 164 Å². The Bertz CT molecular complexity index is 3120. The van der Waals surface area contributed by atoms with Gasteiger partial charge in [0.2, 0.25) is 0 Å². The number of hydrogen-bond donors (Lipinski definition) is 5. The van der Waals surface area contributed by atoms with Gasteiger partial charge in [-0.25, -0.2) is 0 Å². The summed E-state index contributed by atoms with van der Waals surface area (Å²) >= 11 is 0. The fraction of sp³-hybridized carbons (Fsp3) is 0.0526. The molecule has 0 fully saturated rings. The Balaban J connectivity index is 1.66. The van der Waals surface area contributed by atoms with E-state index in [2.05, 4.69) is 0 Å². The van der Waals surface area contributed by atoms with E-state index in [0.717, 1.165) is 42.5 Å². The van der Waals surface area contributed by atoms with Crippen LogP contribution >= 0.6 is 15.8 Å². The molecule has 15 nitrogen and oxygen atoms in total. The van der Waals surface area contributed by atoms with Crippen molar-refractivity contribution < 1.29 is 64.9 Å². The standard InChI is InChI=1S/C38H32O15P2S5/c39-56(40,41)30-14-4-11-27(21-30)54(26-9-2-1-3-10-26)24-35-33(17-7-19-37(35)59(48,49)50)34-18-8-20-38(60(51,52)53)36(34)25-55(28-12-5-15-31(22-28)57(42,43)44)29-13-6-16-32(23-29)58(45,46)47/h1-23H,24-25H2,(H,39,40,41)(H,42,43,44)(H,45,46,47)(H,48,49,50)(H,51,52,53). The highest BCUT2D eigenvalue weighted by atomic mass is 32.2. The quantitative estimate of drug-likeness (QED) is 0.0721. The molecule has 0 heterocycles. The van der Waals surface area contributed by atoms with Gasteiger partial charge in [0.15, 0.2) is 0 Å². The minimum Gasteiger partial charge on any atom is -0.282 e. The van der Waals surface area contributed by atoms with Crippen molar-refractivity contribution in [3.05, 3.63) is 151 Å². The number of hydrogen-bond acceptors (Lipinski definition) is 10. The van der Waals surface area contributed by atoms with Crippen LogP contribution in [0.4, 0.5) is 0 Å². The lowest BCUT2D eigenvalue weighted by molar-refractivity contribution is 0.480. The maximum atomic E-state index is 13.2. The zero-order valence-corrected chi connectivity index (χ0v) is 36.3. The monoisotopic (exact) mass is 950 g/mol. The molecule has 0 aliphatic heterocycles. The summed E-state index contributed by atoms with van der Waals surface area (Å²) in [5.41, 5.74) is -0.184. The summed E-state index contributed by atoms with van der Waals surface area (Å²) in [7, 11) is -28.4. The van der Waals surface area contributed by atoms with Crippen molar-refractivity contribution in [1.82, 2.24) is 0 Å². The molecule has 0 aliphatic rings. The average Bonchev–Trinajstić information content (AvgIpc) is 3.17. The van der Waals surface area contributed by atoms with Crippen LogP contribution in [-0.4, -0.2) is 64.9 Å². The first-order chi connectivity index (χ1) is 27.9. The Morgan fingerprint density at radius 3 is 0.950 bits per heavy atom. The Morgan fingerprint density at radius 2 is 0.633 bits per heavy atom. The number of benzene rings is 6. The molecule has 0 radical (unpaired) electrons. The smallest absolute Gasteiger partial charge is 0.282 e. The number of rotatable bonds is 14. The molecule has 5 N–H and O–H groups in total. The van der Waals surface area contributed by atoms with Gasteiger partial charge in [-0.05, 0) is 108 Å². The van der Waals surface area contributed by atoms with Crippen molar-refractivity contribution in [2.75, 3.05) is 0 Å². The van der Waals surface area contributed by atoms with Crippen molar-refractivity contribution in [2.45, 2.75) is 36.8 Å². The third-order valence-corrected chi connectivity index (χ3v) is 18.4. The Kier molecular flexibility index (Phi) is 13.0. The highest BCUT2D eigenvalue weighted by Gasteiger charge is 2.30. The van der Waals surface area contributed by atoms with Gasteiger partial charge in [0.1, 0.15) is 0 Å². The normalized spacial score (nSPS) is 13.3. The molecule has 0 bridgehead atoms. The lowest BCUT2D eigenvalue weighted by Gasteiger charge is -2.25. The van der Waals surface area contributed by atoms with E-state index in [9.17, 15) is 64.9 Å². The third-order valence-electron chi connectivity index (χ3n) is 9.09. The van der Waals surface area contributed by atoms with Crippen LogP contribution in [0.2, 0.25) is 0 Å². The third kappa shape index (κ3) is 10.4. The van der Waals surface area contributed by atoms with E-state index >= 15 is 0 Å². The summed E-state index contributed by atoms with van der Waals surface area (Å²) in [6.45, 7) is 0. The second kappa shape index (κ2) is 17.2. The molecule has 0 amide bonds. The molecule has 22 heteroatoms. The molecule has 6 rings (SSSR count). The highest BCUT2D eigenvalue weighted by molar-refractivity contribution is 7.87. The lowest BCUT2D eigenvalue weighted by Crippen LogP contribution is -2.18. The molecule has 1 atom stereocenters. The van der Waals surface area contributed by atoms with Crippen LogP contribution in [0.5, 0.6) is 0 Å². The summed E-state index contributed by atoms with van der Waals surface area (Å²) in [5.74, 6) is 0. The largest absolute Gasteiger partial charge is 0.294 e. The zero-order valence-electron chi connectivity index (χ0n) is 30.4. The maximum Gasteiger partial charge on any atom is 0.294 e. The molecule has 0 saturated carbocycles. The van der Waals surface area contributed by atoms with Crippen LogP contribution in [0.1, 0.15) is 11.1 Å². The second-order valence-corrected chi connectivity index (χ2v) is 24.4. The minimum absolute atomic E-state index is 0.00434. The summed E-state index contributed by atoms with van der Waals surface area (Å²) < 4.78 is 177. The van der Waals surface area contributed by atoms with Gasteiger partial charge in [-0.3, -0.25) is 22.8 Å². The summed E-state index contributed by atoms with van der Waals surface area (Å²) in [4.78, 5) is -2.82. The first-order valence-electron chi connectivity index (χ1n) is 16.9. The van der Waals surface area contributed by atoms with E-state index in [4.69, 9.17) is 0 Å². The molecule has 6 aromatic rings. The van der Waals surface area contributed by atoms with Gasteiger partial charge in [0, 0.05) is 12.3 Å². The fourth-order valence-electron chi connectivity index (χ4n) is 6.47. The van der Waals surface area contributed by atoms with Crippen molar-refractivity contribution in [3.63, 3.8) is 0 Å². The molecule has 60 heavy (non-hydrogen) atoms. The topological polar surface area (TPSA) is 272 Å². The van der Waals surface area contributed by atoms with Crippen molar-refractivity contribution in [2.24, 2.45) is 0 Å². The van der Waals surface area contributed by atoms with Crippen LogP contribution < -0.4 is 21.2 Å². The van der Waals surface area contributed by atoms with E-state index in [-0.39, 0.29) is 39.0 Å². The van der Waals surface area contributed by atoms with E-state index in [0.29, 0.717) is 10.6 Å². The van der Waals surface area contributed by atoms with Gasteiger partial charge in [-0.2, -0.15) is 42.1 Å². The lowest BCUT2D eigenvalue weighted by atomic mass is 9.96. The van der Waals surface area contributed by atoms with Gasteiger partial charge in [0.05, 0.1) is 24.5 Å². The maximum absolute atomic E-state index is 13.2. The first kappa shape index (κ1) is 45.3. The molecule has 314 valence electrons. The Morgan fingerprint density at radius 1 is 0.333 bits per heavy atom. The predicted octanol–water partition coefficient (Wildman–Crippen LogP) is 4.85. The van der Waals surface area contributed by atoms with E-state index < -0.39 is 97.1 Å². The van der Waals surface area contributed by atoms with Gasteiger partial charge < -0.3 is 0 Å². The van der Waals surface area contributed by atoms with Crippen molar-refractivity contribution in [3.8, 4) is 11.1 Å². The van der Waals surface area contributed by atoms with Gasteiger partial charge >= 0.3 is 0 Å². The van der Waals surface area contributed by atoms with Gasteiger partial charge in [0.25, 0.3) is 50.6 Å². The molecule has 0 aromatic heterocycles. The van der Waals surface area contributed by atoms with Gasteiger partial charge in [-0.1, -0.05) is 91.0 Å². The fourth-order valence-corrected chi connectivity index (χ4v) is 14.9. The Labute approximate surface area is 349 Å². The molecule has 0 saturated heterocycles. The minimum atomic E-state index is -5.12. The first-order valence-corrected chi connectivity index (χ1v) is 27.2. The van der Waals surface area contributed by atoms with Crippen LogP contribution in [0.25, 0.3) is 11.1 Å². The molecule has 0 aliphatic carbocycles. The zero-order chi connectivity index (χ0) is 43.8. The van der Waals surface area contributed by atoms with E-state index in [1.54, 1.807) is 36.4 Å². The molecular formula is C38H32O15P2S5. The summed E-state index contributed by atoms with van der Waals surface area (Å²) in [6, 6.07) is 31.2. The summed E-state index contributed by atoms with van der Waals surface area (Å²) in [5, 5.41) is 1.27. The molecule has 0 spiro atoms. The molecule has 6 aromatic carbocycles. The van der Waals surface area contributed by atoms with E-state index in [1.165, 1.54) is 60.7 Å². The van der Waals surface area contributed by atoms with Crippen LogP contribution in [0, 0.1) is 0 Å². The SMILES string of the molecule is O=S(=O)(O)c1cccc(P(Cc2c(-c3cccc(S(=O)(=O)O)c3CP(c3cccc(S(=O)(=O)O)c3)c3cccc(S(=O)(=O)O)c3)cccc2S(=O)(=O)O)c2ccccc2)c1. The van der Waals surface area contributed by atoms with Crippen molar-refractivity contribution in [1.29, 1.82) is 0 Å². The van der Waals surface area contributed by atoms with E-state index in [1.807, 2.05) is 0 Å². The van der Waals surface area contributed by atoms with Gasteiger partial charge in [-0.15, -0.1) is 0 Å². The average molecular weight is 951 g/mol. The summed E-state index contributed by atoms with van der Waals surface area (Å²) in [6.07, 6.45) is -0.666. The van der Waals surface area contributed by atoms with Crippen molar-refractivity contribution >= 4 is 87.7 Å². The predicted molar refractivity (Wildman–Crippen MR) is 227 cm³/mol. The second-order valence-electron chi connectivity index (χ2n) is 12.9. The Hall–Kier alpha value is -4.27.